The lowest BCUT2D eigenvalue weighted by atomic mass is 10.1. The first-order valence-corrected chi connectivity index (χ1v) is 7.20. The average molecular weight is 322 g/mol. The number of rotatable bonds is 3. The Hall–Kier alpha value is -3.41. The normalized spacial score (nSPS) is 10.5. The quantitative estimate of drug-likeness (QED) is 0.723. The second-order valence-corrected chi connectivity index (χ2v) is 5.34. The third kappa shape index (κ3) is 2.89. The highest BCUT2D eigenvalue weighted by Crippen LogP contribution is 2.18. The summed E-state index contributed by atoms with van der Waals surface area (Å²) in [6, 6.07) is 13.0. The van der Waals surface area contributed by atoms with Crippen LogP contribution in [0.3, 0.4) is 0 Å². The molecular formula is C18H14N2O4. The molecule has 0 unspecified atom stereocenters. The van der Waals surface area contributed by atoms with Crippen LogP contribution in [0.1, 0.15) is 26.3 Å². The molecule has 2 amide bonds. The SMILES string of the molecule is Cc1cccc2cc(C(=O)Nc3ccc(C(N)=O)cc3)c(=O)oc12. The first-order chi connectivity index (χ1) is 11.5. The van der Waals surface area contributed by atoms with Gasteiger partial charge in [0, 0.05) is 16.6 Å². The van der Waals surface area contributed by atoms with E-state index < -0.39 is 17.4 Å². The van der Waals surface area contributed by atoms with Gasteiger partial charge in [0.1, 0.15) is 11.1 Å². The molecule has 0 saturated heterocycles. The monoisotopic (exact) mass is 322 g/mol. The predicted molar refractivity (Wildman–Crippen MR) is 90.1 cm³/mol. The van der Waals surface area contributed by atoms with E-state index >= 15 is 0 Å². The molecule has 3 N–H and O–H groups in total. The van der Waals surface area contributed by atoms with Crippen LogP contribution < -0.4 is 16.7 Å². The van der Waals surface area contributed by atoms with Crippen LogP contribution in [0.25, 0.3) is 11.0 Å². The van der Waals surface area contributed by atoms with Crippen molar-refractivity contribution >= 4 is 28.5 Å². The lowest BCUT2D eigenvalue weighted by Crippen LogP contribution is -2.20. The van der Waals surface area contributed by atoms with Gasteiger partial charge in [-0.05, 0) is 42.8 Å². The molecule has 6 heteroatoms. The number of anilines is 1. The summed E-state index contributed by atoms with van der Waals surface area (Å²) in [5, 5.41) is 3.26. The maximum Gasteiger partial charge on any atom is 0.349 e. The number of hydrogen-bond donors (Lipinski definition) is 2. The van der Waals surface area contributed by atoms with E-state index in [4.69, 9.17) is 10.2 Å². The first-order valence-electron chi connectivity index (χ1n) is 7.20. The molecule has 2 aromatic carbocycles. The van der Waals surface area contributed by atoms with Gasteiger partial charge in [0.25, 0.3) is 5.91 Å². The number of para-hydroxylation sites is 1. The maximum atomic E-state index is 12.3. The topological polar surface area (TPSA) is 102 Å². The summed E-state index contributed by atoms with van der Waals surface area (Å²) >= 11 is 0. The van der Waals surface area contributed by atoms with Crippen LogP contribution in [-0.4, -0.2) is 11.8 Å². The summed E-state index contributed by atoms with van der Waals surface area (Å²) in [4.78, 5) is 35.4. The number of carbonyl (C=O) groups is 2. The molecule has 120 valence electrons. The van der Waals surface area contributed by atoms with Crippen LogP contribution >= 0.6 is 0 Å². The molecule has 0 aliphatic rings. The van der Waals surface area contributed by atoms with Crippen molar-refractivity contribution in [2.24, 2.45) is 5.73 Å². The standard InChI is InChI=1S/C18H14N2O4/c1-10-3-2-4-12-9-14(18(23)24-15(10)12)17(22)20-13-7-5-11(6-8-13)16(19)21/h2-9H,1H3,(H2,19,21)(H,20,22). The Kier molecular flexibility index (Phi) is 3.87. The Balaban J connectivity index is 1.92. The van der Waals surface area contributed by atoms with Gasteiger partial charge in [-0.2, -0.15) is 0 Å². The van der Waals surface area contributed by atoms with Crippen LogP contribution in [0, 0.1) is 6.92 Å². The minimum atomic E-state index is -0.706. The van der Waals surface area contributed by atoms with Gasteiger partial charge in [-0.3, -0.25) is 9.59 Å². The van der Waals surface area contributed by atoms with E-state index in [1.165, 1.54) is 30.3 Å². The molecule has 0 bridgehead atoms. The number of amides is 2. The Morgan fingerprint density at radius 3 is 2.46 bits per heavy atom. The molecule has 3 aromatic rings. The van der Waals surface area contributed by atoms with Gasteiger partial charge in [0.05, 0.1) is 0 Å². The summed E-state index contributed by atoms with van der Waals surface area (Å²) < 4.78 is 5.26. The first kappa shape index (κ1) is 15.5. The minimum absolute atomic E-state index is 0.0907. The van der Waals surface area contributed by atoms with Gasteiger partial charge in [0.2, 0.25) is 5.91 Å². The number of nitrogens with one attached hydrogen (secondary N) is 1. The fourth-order valence-electron chi connectivity index (χ4n) is 2.36. The molecule has 0 spiro atoms. The second-order valence-electron chi connectivity index (χ2n) is 5.34. The molecule has 24 heavy (non-hydrogen) atoms. The van der Waals surface area contributed by atoms with Gasteiger partial charge < -0.3 is 15.5 Å². The van der Waals surface area contributed by atoms with Crippen molar-refractivity contribution in [3.8, 4) is 0 Å². The van der Waals surface area contributed by atoms with E-state index in [1.54, 1.807) is 6.07 Å². The van der Waals surface area contributed by atoms with Crippen LogP contribution in [0.15, 0.2) is 57.7 Å². The van der Waals surface area contributed by atoms with Gasteiger partial charge in [-0.15, -0.1) is 0 Å². The highest BCUT2D eigenvalue weighted by atomic mass is 16.4. The lowest BCUT2D eigenvalue weighted by Gasteiger charge is -2.06. The zero-order valence-corrected chi connectivity index (χ0v) is 12.8. The Morgan fingerprint density at radius 1 is 1.08 bits per heavy atom. The highest BCUT2D eigenvalue weighted by molar-refractivity contribution is 6.05. The maximum absolute atomic E-state index is 12.3. The summed E-state index contributed by atoms with van der Waals surface area (Å²) in [6.07, 6.45) is 0. The molecule has 0 radical (unpaired) electrons. The Bertz CT molecular complexity index is 1000. The van der Waals surface area contributed by atoms with Crippen molar-refractivity contribution in [2.45, 2.75) is 6.92 Å². The van der Waals surface area contributed by atoms with E-state index in [1.807, 2.05) is 19.1 Å². The number of aryl methyl sites for hydroxylation is 1. The molecule has 1 heterocycles. The summed E-state index contributed by atoms with van der Waals surface area (Å²) in [7, 11) is 0. The summed E-state index contributed by atoms with van der Waals surface area (Å²) in [5.74, 6) is -1.14. The van der Waals surface area contributed by atoms with Crippen molar-refractivity contribution in [3.05, 3.63) is 75.6 Å². The van der Waals surface area contributed by atoms with Crippen molar-refractivity contribution < 1.29 is 14.0 Å². The van der Waals surface area contributed by atoms with E-state index in [-0.39, 0.29) is 5.56 Å². The zero-order valence-electron chi connectivity index (χ0n) is 12.8. The molecule has 0 saturated carbocycles. The molecule has 3 rings (SSSR count). The molecule has 6 nitrogen and oxygen atoms in total. The summed E-state index contributed by atoms with van der Waals surface area (Å²) in [5.41, 5.74) is 6.41. The molecule has 1 aromatic heterocycles. The number of benzene rings is 2. The van der Waals surface area contributed by atoms with E-state index in [0.29, 0.717) is 22.2 Å². The van der Waals surface area contributed by atoms with Gasteiger partial charge in [-0.1, -0.05) is 18.2 Å². The fourth-order valence-corrected chi connectivity index (χ4v) is 2.36. The second kappa shape index (κ2) is 6.00. The van der Waals surface area contributed by atoms with Gasteiger partial charge in [-0.25, -0.2) is 4.79 Å². The minimum Gasteiger partial charge on any atom is -0.422 e. The number of primary amides is 1. The van der Waals surface area contributed by atoms with Crippen molar-refractivity contribution in [3.63, 3.8) is 0 Å². The summed E-state index contributed by atoms with van der Waals surface area (Å²) in [6.45, 7) is 1.82. The molecule has 0 aliphatic carbocycles. The smallest absolute Gasteiger partial charge is 0.349 e. The van der Waals surface area contributed by atoms with Crippen LogP contribution in [0.5, 0.6) is 0 Å². The zero-order chi connectivity index (χ0) is 17.3. The van der Waals surface area contributed by atoms with Gasteiger partial charge >= 0.3 is 5.63 Å². The largest absolute Gasteiger partial charge is 0.422 e. The molecule has 0 atom stereocenters. The fraction of sp³-hybridized carbons (Fsp3) is 0.0556. The van der Waals surface area contributed by atoms with Crippen molar-refractivity contribution in [2.75, 3.05) is 5.32 Å². The highest BCUT2D eigenvalue weighted by Gasteiger charge is 2.15. The van der Waals surface area contributed by atoms with Crippen LogP contribution in [0.2, 0.25) is 0 Å². The third-order valence-electron chi connectivity index (χ3n) is 3.63. The van der Waals surface area contributed by atoms with Gasteiger partial charge in [0.15, 0.2) is 0 Å². The number of fused-ring (bicyclic) bond motifs is 1. The Morgan fingerprint density at radius 2 is 1.79 bits per heavy atom. The third-order valence-corrected chi connectivity index (χ3v) is 3.63. The predicted octanol–water partition coefficient (Wildman–Crippen LogP) is 2.45. The van der Waals surface area contributed by atoms with Crippen molar-refractivity contribution in [1.29, 1.82) is 0 Å². The number of hydrogen-bond acceptors (Lipinski definition) is 4. The van der Waals surface area contributed by atoms with Crippen molar-refractivity contribution in [1.82, 2.24) is 0 Å². The molecular weight excluding hydrogens is 308 g/mol. The Labute approximate surface area is 136 Å². The lowest BCUT2D eigenvalue weighted by molar-refractivity contribution is 0.0998. The number of carbonyl (C=O) groups excluding carboxylic acids is 2. The van der Waals surface area contributed by atoms with E-state index in [0.717, 1.165) is 5.56 Å². The molecule has 0 fully saturated rings. The van der Waals surface area contributed by atoms with E-state index in [2.05, 4.69) is 5.32 Å². The van der Waals surface area contributed by atoms with E-state index in [9.17, 15) is 14.4 Å². The van der Waals surface area contributed by atoms with Crippen LogP contribution in [0.4, 0.5) is 5.69 Å². The molecule has 0 aliphatic heterocycles. The average Bonchev–Trinajstić information content (AvgIpc) is 2.55. The number of nitrogens with two attached hydrogens (primary N) is 1. The van der Waals surface area contributed by atoms with Crippen LogP contribution in [-0.2, 0) is 0 Å².